The Kier molecular flexibility index (Phi) is 9.54. The molecule has 0 unspecified atom stereocenters. The highest BCUT2D eigenvalue weighted by Gasteiger charge is 2.46. The first kappa shape index (κ1) is 31.9. The standard InChI is InChI=1S/C42H36N2O3Si2/c45-36-32-34(43-46-48(37-19-7-1-8-20-37,38-21-9-2-10-22-38)39-23-11-3-12-24-39)31-35(33-36)44-47-49(40-25-13-4-14-26-40,41-27-15-5-16-28-41)42-29-17-6-18-30-42/h1-30H,31-33H2. The van der Waals surface area contributed by atoms with Crippen molar-refractivity contribution in [2.45, 2.75) is 19.3 Å². The van der Waals surface area contributed by atoms with E-state index in [2.05, 4.69) is 72.8 Å². The molecule has 5 nitrogen and oxygen atoms in total. The van der Waals surface area contributed by atoms with Gasteiger partial charge in [0.15, 0.2) is 0 Å². The van der Waals surface area contributed by atoms with Crippen molar-refractivity contribution in [3.63, 3.8) is 0 Å². The molecule has 240 valence electrons. The molecule has 0 aromatic heterocycles. The molecule has 0 radical (unpaired) electrons. The SMILES string of the molecule is O=C1CC(=NO[Si](c2ccccc2)(c2ccccc2)c2ccccc2)CC(=NO[Si](c2ccccc2)(c2ccccc2)c2ccccc2)C1. The molecule has 6 aromatic carbocycles. The molecule has 1 saturated carbocycles. The van der Waals surface area contributed by atoms with E-state index in [1.807, 2.05) is 109 Å². The summed E-state index contributed by atoms with van der Waals surface area (Å²) in [6.45, 7) is 0. The highest BCUT2D eigenvalue weighted by atomic mass is 28.4. The highest BCUT2D eigenvalue weighted by Crippen LogP contribution is 2.17. The lowest BCUT2D eigenvalue weighted by molar-refractivity contribution is -0.117. The average Bonchev–Trinajstić information content (AvgIpc) is 3.18. The van der Waals surface area contributed by atoms with Crippen LogP contribution >= 0.6 is 0 Å². The van der Waals surface area contributed by atoms with Crippen molar-refractivity contribution in [1.29, 1.82) is 0 Å². The Labute approximate surface area is 289 Å². The second-order valence-electron chi connectivity index (χ2n) is 12.1. The Bertz CT molecular complexity index is 1700. The topological polar surface area (TPSA) is 60.2 Å². The first-order valence-corrected chi connectivity index (χ1v) is 20.3. The lowest BCUT2D eigenvalue weighted by Gasteiger charge is -2.31. The molecule has 1 fully saturated rings. The maximum absolute atomic E-state index is 13.3. The van der Waals surface area contributed by atoms with Crippen LogP contribution in [0, 0.1) is 0 Å². The van der Waals surface area contributed by atoms with Gasteiger partial charge in [0.25, 0.3) is 0 Å². The molecule has 1 aliphatic rings. The molecule has 0 bridgehead atoms. The molecule has 0 saturated heterocycles. The quantitative estimate of drug-likeness (QED) is 0.119. The van der Waals surface area contributed by atoms with E-state index in [0.29, 0.717) is 17.8 Å². The molecule has 0 N–H and O–H groups in total. The predicted octanol–water partition coefficient (Wildman–Crippen LogP) is 4.82. The highest BCUT2D eigenvalue weighted by molar-refractivity contribution is 7.07. The third-order valence-corrected chi connectivity index (χ3v) is 16.5. The Morgan fingerprint density at radius 2 is 0.571 bits per heavy atom. The minimum atomic E-state index is -3.10. The van der Waals surface area contributed by atoms with Crippen molar-refractivity contribution in [3.05, 3.63) is 182 Å². The van der Waals surface area contributed by atoms with E-state index < -0.39 is 16.6 Å². The second-order valence-corrected chi connectivity index (χ2v) is 18.7. The van der Waals surface area contributed by atoms with E-state index in [-0.39, 0.29) is 18.6 Å². The van der Waals surface area contributed by atoms with Crippen molar-refractivity contribution in [2.75, 3.05) is 0 Å². The fourth-order valence-electron chi connectivity index (χ4n) is 6.63. The second kappa shape index (κ2) is 14.6. The van der Waals surface area contributed by atoms with Gasteiger partial charge >= 0.3 is 16.6 Å². The van der Waals surface area contributed by atoms with Gasteiger partial charge in [-0.2, -0.15) is 0 Å². The fraction of sp³-hybridized carbons (Fsp3) is 0.0714. The van der Waals surface area contributed by atoms with E-state index in [1.165, 1.54) is 0 Å². The Hall–Kier alpha value is -5.64. The zero-order chi connectivity index (χ0) is 33.4. The number of ketones is 1. The van der Waals surface area contributed by atoms with Gasteiger partial charge in [-0.05, 0) is 31.1 Å². The third-order valence-electron chi connectivity index (χ3n) is 8.92. The van der Waals surface area contributed by atoms with Gasteiger partial charge in [-0.1, -0.05) is 182 Å². The summed E-state index contributed by atoms with van der Waals surface area (Å²) in [7, 11) is -6.19. The van der Waals surface area contributed by atoms with Gasteiger partial charge in [0.2, 0.25) is 0 Å². The number of carbonyl (C=O) groups is 1. The van der Waals surface area contributed by atoms with E-state index in [1.54, 1.807) is 0 Å². The summed E-state index contributed by atoms with van der Waals surface area (Å²) in [5.41, 5.74) is 1.29. The Morgan fingerprint density at radius 3 is 0.796 bits per heavy atom. The van der Waals surface area contributed by atoms with Gasteiger partial charge in [-0.3, -0.25) is 4.79 Å². The summed E-state index contributed by atoms with van der Waals surface area (Å²) in [5, 5.41) is 16.1. The summed E-state index contributed by atoms with van der Waals surface area (Å²) in [6.07, 6.45) is 0.804. The molecule has 0 atom stereocenters. The van der Waals surface area contributed by atoms with Crippen LogP contribution in [-0.4, -0.2) is 33.8 Å². The van der Waals surface area contributed by atoms with Gasteiger partial charge in [-0.25, -0.2) is 0 Å². The van der Waals surface area contributed by atoms with E-state index in [0.717, 1.165) is 31.1 Å². The van der Waals surface area contributed by atoms with Crippen molar-refractivity contribution in [3.8, 4) is 0 Å². The molecule has 7 heteroatoms. The minimum absolute atomic E-state index is 0.0359. The number of oxime groups is 2. The van der Waals surface area contributed by atoms with Crippen LogP contribution in [0.15, 0.2) is 192 Å². The molecular formula is C42H36N2O3Si2. The summed E-state index contributed by atoms with van der Waals surface area (Å²) in [5.74, 6) is 0.0359. The first-order chi connectivity index (χ1) is 24.2. The molecule has 0 heterocycles. The average molecular weight is 673 g/mol. The van der Waals surface area contributed by atoms with Crippen LogP contribution < -0.4 is 31.1 Å². The molecule has 6 aromatic rings. The number of hydrogen-bond donors (Lipinski definition) is 0. The van der Waals surface area contributed by atoms with Crippen LogP contribution in [0.4, 0.5) is 0 Å². The van der Waals surface area contributed by atoms with E-state index >= 15 is 0 Å². The maximum atomic E-state index is 13.3. The number of nitrogens with zero attached hydrogens (tertiary/aromatic N) is 2. The molecule has 0 spiro atoms. The maximum Gasteiger partial charge on any atom is 0.380 e. The third kappa shape index (κ3) is 6.59. The van der Waals surface area contributed by atoms with E-state index in [4.69, 9.17) is 19.4 Å². The number of carbonyl (C=O) groups excluding carboxylic acids is 1. The Morgan fingerprint density at radius 1 is 0.347 bits per heavy atom. The predicted molar refractivity (Wildman–Crippen MR) is 204 cm³/mol. The van der Waals surface area contributed by atoms with Gasteiger partial charge in [0.05, 0.1) is 11.4 Å². The van der Waals surface area contributed by atoms with Crippen molar-refractivity contribution in [1.82, 2.24) is 0 Å². The van der Waals surface area contributed by atoms with Crippen molar-refractivity contribution < 1.29 is 13.8 Å². The van der Waals surface area contributed by atoms with Crippen LogP contribution in [-0.2, 0) is 13.8 Å². The molecule has 0 aliphatic heterocycles. The minimum Gasteiger partial charge on any atom is -0.438 e. The lowest BCUT2D eigenvalue weighted by Crippen LogP contribution is -2.68. The molecule has 1 aliphatic carbocycles. The number of hydrogen-bond acceptors (Lipinski definition) is 5. The molecule has 49 heavy (non-hydrogen) atoms. The molecular weight excluding hydrogens is 637 g/mol. The first-order valence-electron chi connectivity index (χ1n) is 16.5. The largest absolute Gasteiger partial charge is 0.438 e. The van der Waals surface area contributed by atoms with Gasteiger partial charge in [0, 0.05) is 19.3 Å². The monoisotopic (exact) mass is 672 g/mol. The van der Waals surface area contributed by atoms with Gasteiger partial charge in [-0.15, -0.1) is 10.3 Å². The van der Waals surface area contributed by atoms with Crippen LogP contribution in [0.1, 0.15) is 19.3 Å². The number of Topliss-reactive ketones (excluding diaryl/α,β-unsaturated/α-hetero) is 1. The summed E-state index contributed by atoms with van der Waals surface area (Å²) >= 11 is 0. The zero-order valence-corrected chi connectivity index (χ0v) is 29.1. The van der Waals surface area contributed by atoms with Gasteiger partial charge in [0.1, 0.15) is 5.78 Å². The number of benzene rings is 6. The van der Waals surface area contributed by atoms with Gasteiger partial charge < -0.3 is 9.05 Å². The Balaban J connectivity index is 1.29. The van der Waals surface area contributed by atoms with Crippen molar-refractivity contribution >= 4 is 65.0 Å². The lowest BCUT2D eigenvalue weighted by atomic mass is 9.95. The van der Waals surface area contributed by atoms with E-state index in [9.17, 15) is 4.79 Å². The number of rotatable bonds is 10. The smallest absolute Gasteiger partial charge is 0.380 e. The van der Waals surface area contributed by atoms with Crippen molar-refractivity contribution in [2.24, 2.45) is 10.3 Å². The molecule has 7 rings (SSSR count). The zero-order valence-electron chi connectivity index (χ0n) is 27.1. The fourth-order valence-corrected chi connectivity index (χ4v) is 13.8. The summed E-state index contributed by atoms with van der Waals surface area (Å²) in [6, 6.07) is 61.8. The van der Waals surface area contributed by atoms with Crippen LogP contribution in [0.5, 0.6) is 0 Å². The van der Waals surface area contributed by atoms with Crippen LogP contribution in [0.25, 0.3) is 0 Å². The van der Waals surface area contributed by atoms with Crippen LogP contribution in [0.3, 0.4) is 0 Å². The summed E-state index contributed by atoms with van der Waals surface area (Å²) in [4.78, 5) is 13.3. The normalized spacial score (nSPS) is 15.2. The summed E-state index contributed by atoms with van der Waals surface area (Å²) < 4.78 is 13.7. The molecule has 0 amide bonds. The van der Waals surface area contributed by atoms with Crippen LogP contribution in [0.2, 0.25) is 0 Å².